The second-order valence-corrected chi connectivity index (χ2v) is 3.09. The molecule has 3 aromatic rings. The van der Waals surface area contributed by atoms with E-state index in [2.05, 4.69) is 28.2 Å². The van der Waals surface area contributed by atoms with E-state index in [1.54, 1.807) is 12.4 Å². The Hall–Kier alpha value is -2.09. The predicted molar refractivity (Wildman–Crippen MR) is 73.9 cm³/mol. The van der Waals surface area contributed by atoms with Crippen molar-refractivity contribution in [2.24, 2.45) is 0 Å². The highest BCUT2D eigenvalue weighted by Gasteiger charge is 1.86. The van der Waals surface area contributed by atoms with Crippen molar-refractivity contribution in [3.05, 3.63) is 67.1 Å². The second-order valence-electron chi connectivity index (χ2n) is 3.09. The van der Waals surface area contributed by atoms with Gasteiger partial charge < -0.3 is 4.98 Å². The summed E-state index contributed by atoms with van der Waals surface area (Å²) >= 11 is 0. The average molecular weight is 226 g/mol. The van der Waals surface area contributed by atoms with Crippen molar-refractivity contribution < 1.29 is 0 Å². The van der Waals surface area contributed by atoms with Crippen LogP contribution in [0.3, 0.4) is 0 Å². The maximum Gasteiger partial charge on any atom is 0.0453 e. The van der Waals surface area contributed by atoms with Gasteiger partial charge in [0.25, 0.3) is 0 Å². The largest absolute Gasteiger partial charge is 0.361 e. The van der Waals surface area contributed by atoms with Crippen LogP contribution in [0.1, 0.15) is 13.8 Å². The number of aromatic nitrogens is 2. The molecule has 0 aliphatic rings. The fourth-order valence-electron chi connectivity index (χ4n) is 1.31. The lowest BCUT2D eigenvalue weighted by Gasteiger charge is -1.83. The van der Waals surface area contributed by atoms with Crippen molar-refractivity contribution in [1.82, 2.24) is 9.97 Å². The van der Waals surface area contributed by atoms with E-state index in [4.69, 9.17) is 0 Å². The number of hydrogen-bond acceptors (Lipinski definition) is 1. The second kappa shape index (κ2) is 8.11. The molecule has 0 saturated carbocycles. The molecule has 2 heterocycles. The summed E-state index contributed by atoms with van der Waals surface area (Å²) in [5, 5.41) is 1.28. The highest BCUT2D eigenvalue weighted by Crippen LogP contribution is 2.09. The molecule has 0 unspecified atom stereocenters. The monoisotopic (exact) mass is 226 g/mol. The van der Waals surface area contributed by atoms with Crippen LogP contribution in [-0.2, 0) is 0 Å². The molecule has 0 radical (unpaired) electrons. The molecule has 1 N–H and O–H groups in total. The number of rotatable bonds is 0. The third-order valence-corrected chi connectivity index (χ3v) is 2.03. The molecule has 0 bridgehead atoms. The minimum atomic E-state index is 1.21. The van der Waals surface area contributed by atoms with E-state index in [1.807, 2.05) is 50.4 Å². The molecule has 88 valence electrons. The van der Waals surface area contributed by atoms with Gasteiger partial charge in [0.05, 0.1) is 0 Å². The van der Waals surface area contributed by atoms with E-state index in [1.165, 1.54) is 10.9 Å². The molecule has 0 saturated heterocycles. The summed E-state index contributed by atoms with van der Waals surface area (Å²) in [4.78, 5) is 6.90. The molecule has 2 heteroatoms. The first-order valence-corrected chi connectivity index (χ1v) is 5.84. The smallest absolute Gasteiger partial charge is 0.0453 e. The summed E-state index contributed by atoms with van der Waals surface area (Å²) in [6.45, 7) is 4.00. The number of nitrogens with zero attached hydrogens (tertiary/aromatic N) is 1. The fourth-order valence-corrected chi connectivity index (χ4v) is 1.31. The summed E-state index contributed by atoms with van der Waals surface area (Å²) in [7, 11) is 0. The van der Waals surface area contributed by atoms with Gasteiger partial charge in [-0.15, -0.1) is 0 Å². The standard InChI is InChI=1S/C8H7N.C5H5N.C2H6/c1-2-4-8-7(3-1)5-6-9-8;1-2-4-6-5-3-1;1-2/h1-6,9H;1-5H;1-2H3. The highest BCUT2D eigenvalue weighted by molar-refractivity contribution is 5.78. The Kier molecular flexibility index (Phi) is 6.19. The van der Waals surface area contributed by atoms with Gasteiger partial charge in [-0.05, 0) is 29.7 Å². The molecule has 0 fully saturated rings. The van der Waals surface area contributed by atoms with Crippen molar-refractivity contribution in [2.45, 2.75) is 13.8 Å². The van der Waals surface area contributed by atoms with Crippen molar-refractivity contribution in [1.29, 1.82) is 0 Å². The van der Waals surface area contributed by atoms with Crippen molar-refractivity contribution >= 4 is 10.9 Å². The maximum absolute atomic E-state index is 3.78. The van der Waals surface area contributed by atoms with Gasteiger partial charge in [0, 0.05) is 24.1 Å². The average Bonchev–Trinajstić information content (AvgIpc) is 2.92. The molecule has 17 heavy (non-hydrogen) atoms. The number of para-hydroxylation sites is 1. The third kappa shape index (κ3) is 4.51. The number of nitrogens with one attached hydrogen (secondary N) is 1. The predicted octanol–water partition coefficient (Wildman–Crippen LogP) is 4.28. The van der Waals surface area contributed by atoms with Crippen LogP contribution in [0.25, 0.3) is 10.9 Å². The third-order valence-electron chi connectivity index (χ3n) is 2.03. The quantitative estimate of drug-likeness (QED) is 0.609. The Labute approximate surface area is 102 Å². The van der Waals surface area contributed by atoms with Gasteiger partial charge in [-0.3, -0.25) is 4.98 Å². The molecular weight excluding hydrogens is 208 g/mol. The number of aromatic amines is 1. The van der Waals surface area contributed by atoms with Crippen molar-refractivity contribution in [3.63, 3.8) is 0 Å². The number of H-pyrrole nitrogens is 1. The molecular formula is C15H18N2. The van der Waals surface area contributed by atoms with Crippen LogP contribution >= 0.6 is 0 Å². The molecule has 0 amide bonds. The molecule has 1 aromatic carbocycles. The minimum absolute atomic E-state index is 1.21. The first kappa shape index (κ1) is 13.0. The number of fused-ring (bicyclic) bond motifs is 1. The van der Waals surface area contributed by atoms with Gasteiger partial charge in [0.2, 0.25) is 0 Å². The van der Waals surface area contributed by atoms with E-state index in [0.717, 1.165) is 0 Å². The number of hydrogen-bond donors (Lipinski definition) is 1. The van der Waals surface area contributed by atoms with Crippen LogP contribution in [0.2, 0.25) is 0 Å². The van der Waals surface area contributed by atoms with Crippen LogP contribution in [0.5, 0.6) is 0 Å². The summed E-state index contributed by atoms with van der Waals surface area (Å²) in [5.41, 5.74) is 1.21. The van der Waals surface area contributed by atoms with Crippen LogP contribution < -0.4 is 0 Å². The maximum atomic E-state index is 3.78. The SMILES string of the molecule is CC.c1ccc2[nH]ccc2c1.c1ccncc1. The van der Waals surface area contributed by atoms with E-state index >= 15 is 0 Å². The first-order valence-electron chi connectivity index (χ1n) is 5.84. The van der Waals surface area contributed by atoms with Gasteiger partial charge in [-0.25, -0.2) is 0 Å². The van der Waals surface area contributed by atoms with Crippen LogP contribution in [0.4, 0.5) is 0 Å². The van der Waals surface area contributed by atoms with E-state index in [-0.39, 0.29) is 0 Å². The lowest BCUT2D eigenvalue weighted by Crippen LogP contribution is -1.61. The Morgan fingerprint density at radius 1 is 0.824 bits per heavy atom. The zero-order valence-corrected chi connectivity index (χ0v) is 10.3. The van der Waals surface area contributed by atoms with E-state index in [0.29, 0.717) is 0 Å². The van der Waals surface area contributed by atoms with Gasteiger partial charge >= 0.3 is 0 Å². The Bertz CT molecular complexity index is 443. The summed E-state index contributed by atoms with van der Waals surface area (Å²) in [5.74, 6) is 0. The molecule has 0 aliphatic carbocycles. The van der Waals surface area contributed by atoms with Crippen molar-refractivity contribution in [3.8, 4) is 0 Å². The molecule has 0 atom stereocenters. The van der Waals surface area contributed by atoms with Crippen LogP contribution in [0, 0.1) is 0 Å². The lowest BCUT2D eigenvalue weighted by molar-refractivity contribution is 1.33. The van der Waals surface area contributed by atoms with Gasteiger partial charge in [0.1, 0.15) is 0 Å². The van der Waals surface area contributed by atoms with Crippen LogP contribution in [-0.4, -0.2) is 9.97 Å². The molecule has 2 aromatic heterocycles. The topological polar surface area (TPSA) is 28.7 Å². The number of pyridine rings is 1. The molecule has 0 spiro atoms. The minimum Gasteiger partial charge on any atom is -0.361 e. The Morgan fingerprint density at radius 2 is 1.53 bits per heavy atom. The Balaban J connectivity index is 0.000000158. The molecule has 0 aliphatic heterocycles. The van der Waals surface area contributed by atoms with Gasteiger partial charge in [0.15, 0.2) is 0 Å². The van der Waals surface area contributed by atoms with E-state index in [9.17, 15) is 0 Å². The highest BCUT2D eigenvalue weighted by atomic mass is 14.7. The van der Waals surface area contributed by atoms with E-state index < -0.39 is 0 Å². The zero-order chi connectivity index (χ0) is 12.3. The lowest BCUT2D eigenvalue weighted by atomic mass is 10.3. The normalized spacial score (nSPS) is 8.59. The number of benzene rings is 1. The molecule has 2 nitrogen and oxygen atoms in total. The van der Waals surface area contributed by atoms with Crippen LogP contribution in [0.15, 0.2) is 67.1 Å². The zero-order valence-electron chi connectivity index (χ0n) is 10.3. The fraction of sp³-hybridized carbons (Fsp3) is 0.133. The summed E-state index contributed by atoms with van der Waals surface area (Å²) < 4.78 is 0. The Morgan fingerprint density at radius 3 is 2.06 bits per heavy atom. The van der Waals surface area contributed by atoms with Crippen molar-refractivity contribution in [2.75, 3.05) is 0 Å². The molecule has 3 rings (SSSR count). The summed E-state index contributed by atoms with van der Waals surface area (Å²) in [6, 6.07) is 16.0. The van der Waals surface area contributed by atoms with Gasteiger partial charge in [-0.1, -0.05) is 38.1 Å². The summed E-state index contributed by atoms with van der Waals surface area (Å²) in [6.07, 6.45) is 5.45. The first-order chi connectivity index (χ1) is 8.47. The van der Waals surface area contributed by atoms with Gasteiger partial charge in [-0.2, -0.15) is 0 Å².